The standard InChI is InChI=1S/C16H17BrO4/c1-19-11-5-6-12(15(9-11)21-3)16(18)13-8-10(17)4-7-14(13)20-2/h4-9,16,18H,1-3H3. The van der Waals surface area contributed by atoms with Gasteiger partial charge in [0.2, 0.25) is 0 Å². The molecule has 0 saturated carbocycles. The molecule has 0 bridgehead atoms. The maximum atomic E-state index is 10.7. The predicted molar refractivity (Wildman–Crippen MR) is 84.3 cm³/mol. The number of aliphatic hydroxyl groups excluding tert-OH is 1. The molecule has 4 nitrogen and oxygen atoms in total. The van der Waals surface area contributed by atoms with E-state index in [2.05, 4.69) is 15.9 Å². The van der Waals surface area contributed by atoms with Gasteiger partial charge in [-0.25, -0.2) is 0 Å². The molecule has 1 atom stereocenters. The van der Waals surface area contributed by atoms with Crippen molar-refractivity contribution in [1.82, 2.24) is 0 Å². The molecule has 0 aromatic heterocycles. The SMILES string of the molecule is COc1ccc(C(O)c2cc(Br)ccc2OC)c(OC)c1. The van der Waals surface area contributed by atoms with Crippen molar-refractivity contribution in [3.8, 4) is 17.2 Å². The first-order valence-electron chi connectivity index (χ1n) is 6.34. The molecule has 0 spiro atoms. The Bertz CT molecular complexity index is 628. The fourth-order valence-corrected chi connectivity index (χ4v) is 2.51. The minimum atomic E-state index is -0.863. The summed E-state index contributed by atoms with van der Waals surface area (Å²) in [5, 5.41) is 10.7. The van der Waals surface area contributed by atoms with Crippen molar-refractivity contribution in [2.24, 2.45) is 0 Å². The molecule has 0 heterocycles. The Kier molecular flexibility index (Phi) is 5.09. The third kappa shape index (κ3) is 3.31. The van der Waals surface area contributed by atoms with Gasteiger partial charge in [-0.3, -0.25) is 0 Å². The van der Waals surface area contributed by atoms with Crippen molar-refractivity contribution in [3.63, 3.8) is 0 Å². The smallest absolute Gasteiger partial charge is 0.128 e. The average Bonchev–Trinajstić information content (AvgIpc) is 2.53. The van der Waals surface area contributed by atoms with Crippen molar-refractivity contribution >= 4 is 15.9 Å². The Balaban J connectivity index is 2.49. The zero-order valence-electron chi connectivity index (χ0n) is 12.1. The van der Waals surface area contributed by atoms with Crippen LogP contribution in [0, 0.1) is 0 Å². The molecule has 0 saturated heterocycles. The summed E-state index contributed by atoms with van der Waals surface area (Å²) in [5.41, 5.74) is 1.31. The summed E-state index contributed by atoms with van der Waals surface area (Å²) in [6, 6.07) is 10.8. The number of hydrogen-bond acceptors (Lipinski definition) is 4. The number of methoxy groups -OCH3 is 3. The van der Waals surface area contributed by atoms with E-state index in [1.807, 2.05) is 12.1 Å². The van der Waals surface area contributed by atoms with Gasteiger partial charge in [0.05, 0.1) is 21.3 Å². The molecule has 2 rings (SSSR count). The summed E-state index contributed by atoms with van der Waals surface area (Å²) in [4.78, 5) is 0. The highest BCUT2D eigenvalue weighted by atomic mass is 79.9. The summed E-state index contributed by atoms with van der Waals surface area (Å²) in [5.74, 6) is 1.84. The van der Waals surface area contributed by atoms with Crippen LogP contribution in [0.2, 0.25) is 0 Å². The summed E-state index contributed by atoms with van der Waals surface area (Å²) in [7, 11) is 4.72. The average molecular weight is 353 g/mol. The Labute approximate surface area is 132 Å². The first-order valence-corrected chi connectivity index (χ1v) is 7.13. The summed E-state index contributed by atoms with van der Waals surface area (Å²) < 4.78 is 16.7. The summed E-state index contributed by atoms with van der Waals surface area (Å²) in [6.07, 6.45) is -0.863. The van der Waals surface area contributed by atoms with Crippen molar-refractivity contribution in [3.05, 3.63) is 52.0 Å². The molecular formula is C16H17BrO4. The van der Waals surface area contributed by atoms with Crippen LogP contribution in [0.1, 0.15) is 17.2 Å². The minimum absolute atomic E-state index is 0.559. The van der Waals surface area contributed by atoms with Gasteiger partial charge in [0, 0.05) is 21.7 Å². The lowest BCUT2D eigenvalue weighted by Gasteiger charge is -2.18. The molecule has 1 unspecified atom stereocenters. The molecule has 21 heavy (non-hydrogen) atoms. The van der Waals surface area contributed by atoms with E-state index in [1.165, 1.54) is 0 Å². The van der Waals surface area contributed by atoms with E-state index in [1.54, 1.807) is 45.6 Å². The highest BCUT2D eigenvalue weighted by Gasteiger charge is 2.20. The number of ether oxygens (including phenoxy) is 3. The van der Waals surface area contributed by atoms with E-state index in [9.17, 15) is 5.11 Å². The Hall–Kier alpha value is -1.72. The van der Waals surface area contributed by atoms with Gasteiger partial charge in [0.15, 0.2) is 0 Å². The molecule has 0 amide bonds. The zero-order chi connectivity index (χ0) is 15.4. The van der Waals surface area contributed by atoms with E-state index in [-0.39, 0.29) is 0 Å². The Morgan fingerprint density at radius 2 is 1.57 bits per heavy atom. The normalized spacial score (nSPS) is 11.9. The third-order valence-corrected chi connectivity index (χ3v) is 3.71. The van der Waals surface area contributed by atoms with Crippen molar-refractivity contribution in [2.75, 3.05) is 21.3 Å². The van der Waals surface area contributed by atoms with Gasteiger partial charge in [-0.2, -0.15) is 0 Å². The number of aliphatic hydroxyl groups is 1. The van der Waals surface area contributed by atoms with Crippen LogP contribution >= 0.6 is 15.9 Å². The Morgan fingerprint density at radius 3 is 2.19 bits per heavy atom. The number of rotatable bonds is 5. The van der Waals surface area contributed by atoms with E-state index in [4.69, 9.17) is 14.2 Å². The molecule has 112 valence electrons. The number of benzene rings is 2. The van der Waals surface area contributed by atoms with Gasteiger partial charge in [-0.15, -0.1) is 0 Å². The van der Waals surface area contributed by atoms with Gasteiger partial charge in [-0.1, -0.05) is 15.9 Å². The molecule has 5 heteroatoms. The molecule has 0 fully saturated rings. The molecule has 2 aromatic rings. The lowest BCUT2D eigenvalue weighted by Crippen LogP contribution is -2.05. The number of halogens is 1. The van der Waals surface area contributed by atoms with Crippen LogP contribution in [0.5, 0.6) is 17.2 Å². The Morgan fingerprint density at radius 1 is 0.857 bits per heavy atom. The monoisotopic (exact) mass is 352 g/mol. The van der Waals surface area contributed by atoms with Crippen LogP contribution < -0.4 is 14.2 Å². The largest absolute Gasteiger partial charge is 0.497 e. The lowest BCUT2D eigenvalue weighted by atomic mass is 9.99. The van der Waals surface area contributed by atoms with Crippen LogP contribution in [0.25, 0.3) is 0 Å². The van der Waals surface area contributed by atoms with E-state index >= 15 is 0 Å². The first-order chi connectivity index (χ1) is 10.1. The van der Waals surface area contributed by atoms with Crippen molar-refractivity contribution < 1.29 is 19.3 Å². The van der Waals surface area contributed by atoms with Crippen LogP contribution in [0.4, 0.5) is 0 Å². The van der Waals surface area contributed by atoms with Gasteiger partial charge < -0.3 is 19.3 Å². The topological polar surface area (TPSA) is 47.9 Å². The maximum Gasteiger partial charge on any atom is 0.128 e. The minimum Gasteiger partial charge on any atom is -0.497 e. The van der Waals surface area contributed by atoms with Gasteiger partial charge >= 0.3 is 0 Å². The second-order valence-corrected chi connectivity index (χ2v) is 5.31. The highest BCUT2D eigenvalue weighted by molar-refractivity contribution is 9.10. The van der Waals surface area contributed by atoms with Gasteiger partial charge in [0.1, 0.15) is 23.4 Å². The molecule has 0 aliphatic heterocycles. The fraction of sp³-hybridized carbons (Fsp3) is 0.250. The predicted octanol–water partition coefficient (Wildman–Crippen LogP) is 3.56. The maximum absolute atomic E-state index is 10.7. The van der Waals surface area contributed by atoms with Gasteiger partial charge in [0.25, 0.3) is 0 Å². The van der Waals surface area contributed by atoms with Crippen LogP contribution in [-0.4, -0.2) is 26.4 Å². The van der Waals surface area contributed by atoms with Crippen LogP contribution in [0.3, 0.4) is 0 Å². The van der Waals surface area contributed by atoms with E-state index in [0.717, 1.165) is 4.47 Å². The van der Waals surface area contributed by atoms with Crippen LogP contribution in [0.15, 0.2) is 40.9 Å². The fourth-order valence-electron chi connectivity index (χ4n) is 2.13. The zero-order valence-corrected chi connectivity index (χ0v) is 13.7. The molecule has 0 aliphatic carbocycles. The molecular weight excluding hydrogens is 336 g/mol. The molecule has 0 radical (unpaired) electrons. The van der Waals surface area contributed by atoms with E-state index in [0.29, 0.717) is 28.4 Å². The lowest BCUT2D eigenvalue weighted by molar-refractivity contribution is 0.209. The van der Waals surface area contributed by atoms with E-state index < -0.39 is 6.10 Å². The summed E-state index contributed by atoms with van der Waals surface area (Å²) >= 11 is 3.41. The van der Waals surface area contributed by atoms with Crippen LogP contribution in [-0.2, 0) is 0 Å². The summed E-state index contributed by atoms with van der Waals surface area (Å²) in [6.45, 7) is 0. The highest BCUT2D eigenvalue weighted by Crippen LogP contribution is 2.37. The van der Waals surface area contributed by atoms with Gasteiger partial charge in [-0.05, 0) is 30.3 Å². The second-order valence-electron chi connectivity index (χ2n) is 4.40. The molecule has 2 aromatic carbocycles. The number of hydrogen-bond donors (Lipinski definition) is 1. The quantitative estimate of drug-likeness (QED) is 0.893. The molecule has 1 N–H and O–H groups in total. The van der Waals surface area contributed by atoms with Crippen molar-refractivity contribution in [1.29, 1.82) is 0 Å². The van der Waals surface area contributed by atoms with Crippen molar-refractivity contribution in [2.45, 2.75) is 6.10 Å². The third-order valence-electron chi connectivity index (χ3n) is 3.22. The first kappa shape index (κ1) is 15.7. The molecule has 0 aliphatic rings. The second kappa shape index (κ2) is 6.83.